The minimum absolute atomic E-state index is 0.0752. The Balaban J connectivity index is 1.43. The van der Waals surface area contributed by atoms with E-state index in [0.29, 0.717) is 41.1 Å². The number of methoxy groups -OCH3 is 1. The number of carbonyl (C=O) groups excluding carboxylic acids is 1. The fourth-order valence-corrected chi connectivity index (χ4v) is 5.01. The molecule has 1 aliphatic rings. The van der Waals surface area contributed by atoms with Gasteiger partial charge in [0.2, 0.25) is 17.8 Å². The predicted molar refractivity (Wildman–Crippen MR) is 150 cm³/mol. The van der Waals surface area contributed by atoms with Crippen LogP contribution in [0.5, 0.6) is 5.75 Å². The first-order valence-electron chi connectivity index (χ1n) is 13.4. The first kappa shape index (κ1) is 26.4. The van der Waals surface area contributed by atoms with Crippen LogP contribution in [0.2, 0.25) is 0 Å². The number of halogens is 1. The topological polar surface area (TPSA) is 106 Å². The van der Waals surface area contributed by atoms with Crippen LogP contribution in [0.25, 0.3) is 11.2 Å². The van der Waals surface area contributed by atoms with E-state index in [2.05, 4.69) is 25.5 Å². The number of hydrogen-bond acceptors (Lipinski definition) is 7. The number of carbonyl (C=O) groups is 1. The number of benzene rings is 2. The fourth-order valence-electron chi connectivity index (χ4n) is 5.01. The van der Waals surface area contributed by atoms with Crippen LogP contribution >= 0.6 is 0 Å². The Morgan fingerprint density at radius 3 is 2.49 bits per heavy atom. The van der Waals surface area contributed by atoms with Crippen molar-refractivity contribution in [2.24, 2.45) is 5.92 Å². The molecule has 3 N–H and O–H groups in total. The second-order valence-electron chi connectivity index (χ2n) is 10.3. The normalized spacial score (nSPS) is 17.3. The van der Waals surface area contributed by atoms with Crippen molar-refractivity contribution in [2.75, 3.05) is 17.7 Å². The van der Waals surface area contributed by atoms with Crippen LogP contribution in [0.4, 0.5) is 27.7 Å². The lowest BCUT2D eigenvalue weighted by atomic mass is 9.90. The van der Waals surface area contributed by atoms with Crippen molar-refractivity contribution < 1.29 is 13.9 Å². The Hall–Kier alpha value is -4.21. The van der Waals surface area contributed by atoms with Gasteiger partial charge in [0.05, 0.1) is 19.0 Å². The SMILES string of the molecule is COc1ccc(Nc2ncc3nc(Nc4ccccc4F)n(C4CCC(NC(=O)CC(C)C)CC4)c3n2)cc1. The average molecular weight is 532 g/mol. The van der Waals surface area contributed by atoms with Crippen LogP contribution in [0.1, 0.15) is 52.0 Å². The molecule has 0 saturated heterocycles. The first-order valence-corrected chi connectivity index (χ1v) is 13.4. The standard InChI is InChI=1S/C29H34FN7O2/c1-18(2)16-26(38)32-19-8-12-21(13-9-19)37-27-25(35-29(37)34-24-7-5-4-6-23(24)30)17-31-28(36-27)33-20-10-14-22(39-3)15-11-20/h4-7,10-11,14-15,17-19,21H,8-9,12-13,16H2,1-3H3,(H,32,38)(H,34,35)(H,31,33,36). The van der Waals surface area contributed by atoms with Gasteiger partial charge in [-0.25, -0.2) is 14.4 Å². The third-order valence-electron chi connectivity index (χ3n) is 6.92. The van der Waals surface area contributed by atoms with E-state index in [9.17, 15) is 9.18 Å². The molecule has 4 aromatic rings. The molecule has 1 fully saturated rings. The Labute approximate surface area is 227 Å². The number of amides is 1. The van der Waals surface area contributed by atoms with Crippen LogP contribution in [0.15, 0.2) is 54.7 Å². The Bertz CT molecular complexity index is 1430. The highest BCUT2D eigenvalue weighted by atomic mass is 19.1. The second-order valence-corrected chi connectivity index (χ2v) is 10.3. The van der Waals surface area contributed by atoms with Gasteiger partial charge < -0.3 is 20.7 Å². The highest BCUT2D eigenvalue weighted by Gasteiger charge is 2.28. The number of imidazole rings is 1. The van der Waals surface area contributed by atoms with E-state index in [4.69, 9.17) is 14.7 Å². The molecular formula is C29H34FN7O2. The lowest BCUT2D eigenvalue weighted by Crippen LogP contribution is -2.38. The fraction of sp³-hybridized carbons (Fsp3) is 0.379. The van der Waals surface area contributed by atoms with Crippen molar-refractivity contribution in [1.29, 1.82) is 0 Å². The molecule has 0 atom stereocenters. The molecule has 0 spiro atoms. The molecule has 1 saturated carbocycles. The van der Waals surface area contributed by atoms with E-state index in [1.807, 2.05) is 38.1 Å². The van der Waals surface area contributed by atoms with Crippen LogP contribution in [-0.4, -0.2) is 38.6 Å². The largest absolute Gasteiger partial charge is 0.497 e. The maximum atomic E-state index is 14.5. The molecule has 2 aromatic heterocycles. The van der Waals surface area contributed by atoms with Crippen molar-refractivity contribution in [3.05, 3.63) is 60.5 Å². The van der Waals surface area contributed by atoms with E-state index in [1.165, 1.54) is 6.07 Å². The molecule has 2 heterocycles. The summed E-state index contributed by atoms with van der Waals surface area (Å²) >= 11 is 0. The van der Waals surface area contributed by atoms with Crippen LogP contribution < -0.4 is 20.7 Å². The van der Waals surface area contributed by atoms with Gasteiger partial charge in [-0.1, -0.05) is 26.0 Å². The first-order chi connectivity index (χ1) is 18.9. The minimum Gasteiger partial charge on any atom is -0.497 e. The molecule has 1 aliphatic carbocycles. The maximum Gasteiger partial charge on any atom is 0.229 e. The Morgan fingerprint density at radius 2 is 1.79 bits per heavy atom. The van der Waals surface area contributed by atoms with Gasteiger partial charge in [0.15, 0.2) is 5.65 Å². The average Bonchev–Trinajstić information content (AvgIpc) is 3.27. The Morgan fingerprint density at radius 1 is 1.05 bits per heavy atom. The zero-order valence-corrected chi connectivity index (χ0v) is 22.4. The van der Waals surface area contributed by atoms with Gasteiger partial charge in [-0.3, -0.25) is 9.36 Å². The zero-order valence-electron chi connectivity index (χ0n) is 22.4. The lowest BCUT2D eigenvalue weighted by molar-refractivity contribution is -0.122. The number of nitrogens with one attached hydrogen (secondary N) is 3. The number of fused-ring (bicyclic) bond motifs is 1. The summed E-state index contributed by atoms with van der Waals surface area (Å²) in [5, 5.41) is 9.61. The van der Waals surface area contributed by atoms with E-state index >= 15 is 0 Å². The number of nitrogens with zero attached hydrogens (tertiary/aromatic N) is 4. The minimum atomic E-state index is -0.361. The number of rotatable bonds is 9. The third kappa shape index (κ3) is 6.27. The monoisotopic (exact) mass is 531 g/mol. The highest BCUT2D eigenvalue weighted by Crippen LogP contribution is 2.35. The van der Waals surface area contributed by atoms with E-state index < -0.39 is 0 Å². The van der Waals surface area contributed by atoms with Crippen LogP contribution in [0.3, 0.4) is 0 Å². The molecular weight excluding hydrogens is 497 g/mol. The van der Waals surface area contributed by atoms with Gasteiger partial charge in [-0.15, -0.1) is 0 Å². The lowest BCUT2D eigenvalue weighted by Gasteiger charge is -2.31. The molecule has 10 heteroatoms. The number of hydrogen-bond donors (Lipinski definition) is 3. The molecule has 9 nitrogen and oxygen atoms in total. The summed E-state index contributed by atoms with van der Waals surface area (Å²) in [7, 11) is 1.63. The van der Waals surface area contributed by atoms with Gasteiger partial charge in [-0.05, 0) is 68.0 Å². The molecule has 1 amide bonds. The van der Waals surface area contributed by atoms with Gasteiger partial charge >= 0.3 is 0 Å². The molecule has 5 rings (SSSR count). The van der Waals surface area contributed by atoms with Crippen molar-refractivity contribution in [3.63, 3.8) is 0 Å². The van der Waals surface area contributed by atoms with Crippen LogP contribution in [0, 0.1) is 11.7 Å². The summed E-state index contributed by atoms with van der Waals surface area (Å²) in [5.74, 6) is 1.77. The molecule has 0 unspecified atom stereocenters. The molecule has 0 radical (unpaired) electrons. The summed E-state index contributed by atoms with van der Waals surface area (Å²) in [4.78, 5) is 26.3. The number of para-hydroxylation sites is 1. The van der Waals surface area contributed by atoms with Gasteiger partial charge in [-0.2, -0.15) is 4.98 Å². The summed E-state index contributed by atoms with van der Waals surface area (Å²) in [6.45, 7) is 4.09. The molecule has 0 bridgehead atoms. The van der Waals surface area contributed by atoms with E-state index in [0.717, 1.165) is 37.1 Å². The summed E-state index contributed by atoms with van der Waals surface area (Å²) in [6, 6.07) is 14.3. The van der Waals surface area contributed by atoms with Crippen LogP contribution in [-0.2, 0) is 4.79 Å². The Kier molecular flexibility index (Phi) is 7.90. The molecule has 2 aromatic carbocycles. The zero-order chi connectivity index (χ0) is 27.4. The second kappa shape index (κ2) is 11.7. The summed E-state index contributed by atoms with van der Waals surface area (Å²) in [6.07, 6.45) is 5.55. The van der Waals surface area contributed by atoms with Crippen molar-refractivity contribution in [2.45, 2.75) is 58.0 Å². The molecule has 204 valence electrons. The van der Waals surface area contributed by atoms with Crippen molar-refractivity contribution >= 4 is 40.3 Å². The quantitative estimate of drug-likeness (QED) is 0.239. The maximum absolute atomic E-state index is 14.5. The van der Waals surface area contributed by atoms with E-state index in [1.54, 1.807) is 31.5 Å². The highest BCUT2D eigenvalue weighted by molar-refractivity contribution is 5.77. The van der Waals surface area contributed by atoms with Gasteiger partial charge in [0, 0.05) is 24.2 Å². The smallest absolute Gasteiger partial charge is 0.229 e. The van der Waals surface area contributed by atoms with Gasteiger partial charge in [0.25, 0.3) is 0 Å². The summed E-state index contributed by atoms with van der Waals surface area (Å²) < 4.78 is 21.8. The molecule has 39 heavy (non-hydrogen) atoms. The summed E-state index contributed by atoms with van der Waals surface area (Å²) in [5.41, 5.74) is 2.44. The predicted octanol–water partition coefficient (Wildman–Crippen LogP) is 6.11. The number of aromatic nitrogens is 4. The molecule has 0 aliphatic heterocycles. The van der Waals surface area contributed by atoms with Crippen molar-refractivity contribution in [1.82, 2.24) is 24.8 Å². The third-order valence-corrected chi connectivity index (χ3v) is 6.92. The number of anilines is 4. The van der Waals surface area contributed by atoms with Crippen molar-refractivity contribution in [3.8, 4) is 5.75 Å². The van der Waals surface area contributed by atoms with E-state index in [-0.39, 0.29) is 23.8 Å². The van der Waals surface area contributed by atoms with Gasteiger partial charge in [0.1, 0.15) is 17.1 Å². The number of ether oxygens (including phenoxy) is 1.